The highest BCUT2D eigenvalue weighted by atomic mass is 16.7. The lowest BCUT2D eigenvalue weighted by Crippen LogP contribution is -2.37. The lowest BCUT2D eigenvalue weighted by atomic mass is 10.1. The second-order valence-corrected chi connectivity index (χ2v) is 5.00. The van der Waals surface area contributed by atoms with Crippen molar-refractivity contribution < 1.29 is 19.2 Å². The van der Waals surface area contributed by atoms with Crippen LogP contribution in [-0.4, -0.2) is 24.3 Å². The second kappa shape index (κ2) is 13.4. The highest BCUT2D eigenvalue weighted by Crippen LogP contribution is 2.08. The SMILES string of the molecule is CCCCCCCCCC(=O)NCC(=O)NOC(=O)CC. The van der Waals surface area contributed by atoms with Crippen LogP contribution in [0.5, 0.6) is 0 Å². The van der Waals surface area contributed by atoms with Crippen LogP contribution < -0.4 is 10.8 Å². The van der Waals surface area contributed by atoms with Gasteiger partial charge in [-0.1, -0.05) is 52.4 Å². The van der Waals surface area contributed by atoms with Crippen molar-refractivity contribution in [2.24, 2.45) is 0 Å². The Labute approximate surface area is 127 Å². The lowest BCUT2D eigenvalue weighted by Gasteiger charge is -2.06. The molecule has 0 radical (unpaired) electrons. The molecule has 0 aromatic carbocycles. The minimum absolute atomic E-state index is 0.152. The second-order valence-electron chi connectivity index (χ2n) is 5.00. The van der Waals surface area contributed by atoms with E-state index in [0.717, 1.165) is 19.3 Å². The van der Waals surface area contributed by atoms with Crippen LogP contribution >= 0.6 is 0 Å². The van der Waals surface area contributed by atoms with Gasteiger partial charge in [0.15, 0.2) is 0 Å². The molecule has 0 unspecified atom stereocenters. The summed E-state index contributed by atoms with van der Waals surface area (Å²) in [5, 5.41) is 2.49. The monoisotopic (exact) mass is 300 g/mol. The van der Waals surface area contributed by atoms with Crippen LogP contribution in [0.25, 0.3) is 0 Å². The molecule has 0 aromatic rings. The van der Waals surface area contributed by atoms with Crippen molar-refractivity contribution in [1.29, 1.82) is 0 Å². The van der Waals surface area contributed by atoms with E-state index >= 15 is 0 Å². The van der Waals surface area contributed by atoms with Gasteiger partial charge in [0.2, 0.25) is 5.91 Å². The molecule has 0 saturated carbocycles. The first-order valence-corrected chi connectivity index (χ1v) is 7.85. The Morgan fingerprint density at radius 1 is 0.857 bits per heavy atom. The van der Waals surface area contributed by atoms with E-state index in [9.17, 15) is 14.4 Å². The Hall–Kier alpha value is -1.59. The predicted octanol–water partition coefficient (Wildman–Crippen LogP) is 2.23. The molecule has 21 heavy (non-hydrogen) atoms. The zero-order valence-electron chi connectivity index (χ0n) is 13.2. The van der Waals surface area contributed by atoms with E-state index in [2.05, 4.69) is 17.1 Å². The first-order chi connectivity index (χ1) is 10.1. The van der Waals surface area contributed by atoms with Crippen LogP contribution in [0, 0.1) is 0 Å². The largest absolute Gasteiger partial charge is 0.347 e. The van der Waals surface area contributed by atoms with E-state index in [1.165, 1.54) is 25.7 Å². The van der Waals surface area contributed by atoms with Gasteiger partial charge in [-0.05, 0) is 6.42 Å². The number of carbonyl (C=O) groups is 3. The first-order valence-electron chi connectivity index (χ1n) is 7.85. The Balaban J connectivity index is 3.45. The average Bonchev–Trinajstić information content (AvgIpc) is 2.49. The maximum atomic E-state index is 11.5. The van der Waals surface area contributed by atoms with Crippen molar-refractivity contribution in [3.05, 3.63) is 0 Å². The minimum Gasteiger partial charge on any atom is -0.347 e. The number of carbonyl (C=O) groups excluding carboxylic acids is 3. The molecule has 0 atom stereocenters. The highest BCUT2D eigenvalue weighted by Gasteiger charge is 2.07. The Kier molecular flexibility index (Phi) is 12.4. The van der Waals surface area contributed by atoms with Gasteiger partial charge >= 0.3 is 5.97 Å². The maximum absolute atomic E-state index is 11.5. The molecule has 122 valence electrons. The molecule has 0 aliphatic carbocycles. The summed E-state index contributed by atoms with van der Waals surface area (Å²) in [6.45, 7) is 3.63. The van der Waals surface area contributed by atoms with Gasteiger partial charge in [0.05, 0.1) is 6.54 Å². The highest BCUT2D eigenvalue weighted by molar-refractivity contribution is 5.84. The Bertz CT molecular complexity index is 319. The van der Waals surface area contributed by atoms with Crippen LogP contribution in [0.4, 0.5) is 0 Å². The number of hydrogen-bond acceptors (Lipinski definition) is 4. The van der Waals surface area contributed by atoms with Gasteiger partial charge < -0.3 is 10.2 Å². The molecule has 0 aromatic heterocycles. The van der Waals surface area contributed by atoms with E-state index in [1.54, 1.807) is 6.92 Å². The van der Waals surface area contributed by atoms with Crippen molar-refractivity contribution in [2.45, 2.75) is 71.6 Å². The third-order valence-electron chi connectivity index (χ3n) is 3.02. The van der Waals surface area contributed by atoms with E-state index in [-0.39, 0.29) is 18.9 Å². The van der Waals surface area contributed by atoms with Gasteiger partial charge in [-0.15, -0.1) is 0 Å². The number of nitrogens with one attached hydrogen (secondary N) is 2. The molecule has 6 heteroatoms. The van der Waals surface area contributed by atoms with Crippen molar-refractivity contribution in [2.75, 3.05) is 6.54 Å². The van der Waals surface area contributed by atoms with Gasteiger partial charge in [0.1, 0.15) is 0 Å². The number of hydrogen-bond donors (Lipinski definition) is 2. The minimum atomic E-state index is -0.537. The number of unbranched alkanes of at least 4 members (excludes halogenated alkanes) is 6. The van der Waals surface area contributed by atoms with Gasteiger partial charge in [0.25, 0.3) is 5.91 Å². The number of amides is 2. The van der Waals surface area contributed by atoms with Gasteiger partial charge in [-0.3, -0.25) is 9.59 Å². The summed E-state index contributed by atoms with van der Waals surface area (Å²) in [7, 11) is 0. The van der Waals surface area contributed by atoms with Crippen LogP contribution in [0.3, 0.4) is 0 Å². The summed E-state index contributed by atoms with van der Waals surface area (Å²) in [6.07, 6.45) is 8.64. The molecule has 0 aliphatic rings. The molecule has 0 spiro atoms. The van der Waals surface area contributed by atoms with Crippen LogP contribution in [0.2, 0.25) is 0 Å². The molecule has 6 nitrogen and oxygen atoms in total. The van der Waals surface area contributed by atoms with E-state index < -0.39 is 11.9 Å². The molecule has 0 saturated heterocycles. The lowest BCUT2D eigenvalue weighted by molar-refractivity contribution is -0.157. The summed E-state index contributed by atoms with van der Waals surface area (Å²) in [6, 6.07) is 0. The molecule has 0 bridgehead atoms. The fraction of sp³-hybridized carbons (Fsp3) is 0.800. The fourth-order valence-electron chi connectivity index (χ4n) is 1.73. The zero-order valence-corrected chi connectivity index (χ0v) is 13.2. The molecule has 2 N–H and O–H groups in total. The van der Waals surface area contributed by atoms with Crippen molar-refractivity contribution >= 4 is 17.8 Å². The third kappa shape index (κ3) is 13.2. The zero-order chi connectivity index (χ0) is 15.9. The number of rotatable bonds is 11. The van der Waals surface area contributed by atoms with Crippen LogP contribution in [0.15, 0.2) is 0 Å². The van der Waals surface area contributed by atoms with Gasteiger partial charge in [0, 0.05) is 12.8 Å². The van der Waals surface area contributed by atoms with Crippen molar-refractivity contribution in [1.82, 2.24) is 10.8 Å². The first kappa shape index (κ1) is 19.4. The Morgan fingerprint density at radius 3 is 2.10 bits per heavy atom. The summed E-state index contributed by atoms with van der Waals surface area (Å²) in [5.41, 5.74) is 1.98. The normalized spacial score (nSPS) is 10.0. The summed E-state index contributed by atoms with van der Waals surface area (Å²) in [4.78, 5) is 38.0. The molecule has 0 aliphatic heterocycles. The fourth-order valence-corrected chi connectivity index (χ4v) is 1.73. The molecular weight excluding hydrogens is 272 g/mol. The molecule has 2 amide bonds. The van der Waals surface area contributed by atoms with Crippen LogP contribution in [-0.2, 0) is 19.2 Å². The predicted molar refractivity (Wildman–Crippen MR) is 80.1 cm³/mol. The maximum Gasteiger partial charge on any atom is 0.331 e. The quantitative estimate of drug-likeness (QED) is 0.452. The summed E-state index contributed by atoms with van der Waals surface area (Å²) < 4.78 is 0. The third-order valence-corrected chi connectivity index (χ3v) is 3.02. The van der Waals surface area contributed by atoms with Crippen molar-refractivity contribution in [3.8, 4) is 0 Å². The summed E-state index contributed by atoms with van der Waals surface area (Å²) in [5.74, 6) is -1.21. The molecular formula is C15H28N2O4. The Morgan fingerprint density at radius 2 is 1.48 bits per heavy atom. The van der Waals surface area contributed by atoms with Gasteiger partial charge in [-0.2, -0.15) is 5.48 Å². The smallest absolute Gasteiger partial charge is 0.331 e. The standard InChI is InChI=1S/C15H28N2O4/c1-3-5-6-7-8-9-10-11-13(18)16-12-14(19)17-21-15(20)4-2/h3-12H2,1-2H3,(H,16,18)(H,17,19). The van der Waals surface area contributed by atoms with E-state index in [1.807, 2.05) is 5.48 Å². The topological polar surface area (TPSA) is 84.5 Å². The van der Waals surface area contributed by atoms with E-state index in [0.29, 0.717) is 6.42 Å². The van der Waals surface area contributed by atoms with Crippen molar-refractivity contribution in [3.63, 3.8) is 0 Å². The van der Waals surface area contributed by atoms with Crippen LogP contribution in [0.1, 0.15) is 71.6 Å². The molecule has 0 fully saturated rings. The number of hydroxylamine groups is 1. The van der Waals surface area contributed by atoms with Gasteiger partial charge in [-0.25, -0.2) is 4.79 Å². The molecule has 0 rings (SSSR count). The molecule has 0 heterocycles. The van der Waals surface area contributed by atoms with E-state index in [4.69, 9.17) is 0 Å². The summed E-state index contributed by atoms with van der Waals surface area (Å²) >= 11 is 0. The average molecular weight is 300 g/mol.